The van der Waals surface area contributed by atoms with Crippen molar-refractivity contribution >= 4 is 17.8 Å². The van der Waals surface area contributed by atoms with Gasteiger partial charge in [0, 0.05) is 6.42 Å². The minimum absolute atomic E-state index is 0.0677. The molecule has 0 aliphatic heterocycles. The number of allylic oxidation sites excluding steroid dienone is 1. The van der Waals surface area contributed by atoms with Gasteiger partial charge in [-0.25, -0.2) is 0 Å². The third-order valence-corrected chi connectivity index (χ3v) is 2.14. The molecule has 0 saturated carbocycles. The standard InChI is InChI=1S/C14H16O3/c1-2-17-14(16)11-10-13(15)9-8-12-6-4-3-5-7-12/h3-9H,2,10-11H2,1H3/b9-8+. The summed E-state index contributed by atoms with van der Waals surface area (Å²) in [5, 5.41) is 0. The normalized spacial score (nSPS) is 10.4. The molecule has 0 saturated heterocycles. The first-order chi connectivity index (χ1) is 8.22. The summed E-state index contributed by atoms with van der Waals surface area (Å²) in [6.07, 6.45) is 3.58. The first-order valence-corrected chi connectivity index (χ1v) is 5.64. The van der Waals surface area contributed by atoms with Crippen LogP contribution >= 0.6 is 0 Å². The Balaban J connectivity index is 2.35. The summed E-state index contributed by atoms with van der Waals surface area (Å²) in [4.78, 5) is 22.5. The van der Waals surface area contributed by atoms with Crippen LogP contribution in [-0.2, 0) is 14.3 Å². The van der Waals surface area contributed by atoms with E-state index in [4.69, 9.17) is 4.74 Å². The van der Waals surface area contributed by atoms with Crippen molar-refractivity contribution < 1.29 is 14.3 Å². The Morgan fingerprint density at radius 2 is 1.88 bits per heavy atom. The van der Waals surface area contributed by atoms with Crippen LogP contribution in [0.5, 0.6) is 0 Å². The molecule has 0 fully saturated rings. The molecule has 90 valence electrons. The Morgan fingerprint density at radius 1 is 1.18 bits per heavy atom. The van der Waals surface area contributed by atoms with Gasteiger partial charge in [0.2, 0.25) is 0 Å². The van der Waals surface area contributed by atoms with E-state index in [9.17, 15) is 9.59 Å². The van der Waals surface area contributed by atoms with Crippen LogP contribution in [0.4, 0.5) is 0 Å². The van der Waals surface area contributed by atoms with E-state index in [-0.39, 0.29) is 24.6 Å². The van der Waals surface area contributed by atoms with E-state index in [0.29, 0.717) is 6.61 Å². The second-order valence-corrected chi connectivity index (χ2v) is 3.52. The van der Waals surface area contributed by atoms with Crippen LogP contribution in [0.1, 0.15) is 25.3 Å². The summed E-state index contributed by atoms with van der Waals surface area (Å²) < 4.78 is 4.74. The molecule has 0 amide bonds. The zero-order valence-electron chi connectivity index (χ0n) is 9.89. The lowest BCUT2D eigenvalue weighted by molar-refractivity contribution is -0.144. The molecule has 0 aromatic heterocycles. The van der Waals surface area contributed by atoms with Crippen molar-refractivity contribution in [3.05, 3.63) is 42.0 Å². The number of rotatable bonds is 6. The lowest BCUT2D eigenvalue weighted by atomic mass is 10.1. The molecule has 17 heavy (non-hydrogen) atoms. The van der Waals surface area contributed by atoms with Crippen molar-refractivity contribution in [2.75, 3.05) is 6.61 Å². The summed E-state index contributed by atoms with van der Waals surface area (Å²) in [5.41, 5.74) is 0.969. The molecule has 0 bridgehead atoms. The van der Waals surface area contributed by atoms with Gasteiger partial charge in [-0.2, -0.15) is 0 Å². The van der Waals surface area contributed by atoms with Gasteiger partial charge in [-0.05, 0) is 18.6 Å². The molecule has 3 heteroatoms. The molecular formula is C14H16O3. The maximum Gasteiger partial charge on any atom is 0.306 e. The highest BCUT2D eigenvalue weighted by Gasteiger charge is 2.04. The first kappa shape index (κ1) is 13.2. The molecule has 0 aliphatic carbocycles. The largest absolute Gasteiger partial charge is 0.466 e. The van der Waals surface area contributed by atoms with Crippen molar-refractivity contribution in [1.82, 2.24) is 0 Å². The van der Waals surface area contributed by atoms with E-state index in [0.717, 1.165) is 5.56 Å². The highest BCUT2D eigenvalue weighted by Crippen LogP contribution is 2.02. The Bertz CT molecular complexity index is 393. The summed E-state index contributed by atoms with van der Waals surface area (Å²) >= 11 is 0. The highest BCUT2D eigenvalue weighted by molar-refractivity contribution is 5.95. The van der Waals surface area contributed by atoms with Gasteiger partial charge in [0.05, 0.1) is 13.0 Å². The van der Waals surface area contributed by atoms with Gasteiger partial charge in [-0.15, -0.1) is 0 Å². The number of hydrogen-bond acceptors (Lipinski definition) is 3. The second-order valence-electron chi connectivity index (χ2n) is 3.52. The Morgan fingerprint density at radius 3 is 2.53 bits per heavy atom. The minimum Gasteiger partial charge on any atom is -0.466 e. The average Bonchev–Trinajstić information content (AvgIpc) is 2.35. The monoisotopic (exact) mass is 232 g/mol. The molecule has 0 aliphatic rings. The van der Waals surface area contributed by atoms with Crippen molar-refractivity contribution in [3.8, 4) is 0 Å². The van der Waals surface area contributed by atoms with E-state index in [1.54, 1.807) is 13.0 Å². The number of ether oxygens (including phenoxy) is 1. The number of esters is 1. The smallest absolute Gasteiger partial charge is 0.306 e. The summed E-state index contributed by atoms with van der Waals surface area (Å²) in [6, 6.07) is 9.55. The first-order valence-electron chi connectivity index (χ1n) is 5.64. The van der Waals surface area contributed by atoms with Gasteiger partial charge < -0.3 is 4.74 Å². The zero-order chi connectivity index (χ0) is 12.5. The Labute approximate surface area is 101 Å². The molecule has 0 atom stereocenters. The van der Waals surface area contributed by atoms with E-state index in [1.165, 1.54) is 6.08 Å². The Hall–Kier alpha value is -1.90. The minimum atomic E-state index is -0.325. The average molecular weight is 232 g/mol. The van der Waals surface area contributed by atoms with Crippen LogP contribution in [0.3, 0.4) is 0 Å². The van der Waals surface area contributed by atoms with E-state index in [1.807, 2.05) is 30.3 Å². The van der Waals surface area contributed by atoms with Crippen molar-refractivity contribution in [1.29, 1.82) is 0 Å². The molecule has 1 rings (SSSR count). The molecule has 1 aromatic carbocycles. The predicted octanol–water partition coefficient (Wildman–Crippen LogP) is 2.61. The lowest BCUT2D eigenvalue weighted by Crippen LogP contribution is -2.06. The topological polar surface area (TPSA) is 43.4 Å². The molecule has 3 nitrogen and oxygen atoms in total. The van der Waals surface area contributed by atoms with Gasteiger partial charge in [-0.1, -0.05) is 36.4 Å². The van der Waals surface area contributed by atoms with Crippen LogP contribution in [0.2, 0.25) is 0 Å². The van der Waals surface area contributed by atoms with Crippen molar-refractivity contribution in [3.63, 3.8) is 0 Å². The number of carbonyl (C=O) groups is 2. The van der Waals surface area contributed by atoms with Crippen molar-refractivity contribution in [2.24, 2.45) is 0 Å². The summed E-state index contributed by atoms with van der Waals surface area (Å²) in [5.74, 6) is -0.393. The number of benzene rings is 1. The van der Waals surface area contributed by atoms with Crippen LogP contribution in [-0.4, -0.2) is 18.4 Å². The van der Waals surface area contributed by atoms with Gasteiger partial charge in [-0.3, -0.25) is 9.59 Å². The number of hydrogen-bond donors (Lipinski definition) is 0. The summed E-state index contributed by atoms with van der Waals surface area (Å²) in [7, 11) is 0. The second kappa shape index (κ2) is 7.39. The molecule has 1 aromatic rings. The van der Waals surface area contributed by atoms with Gasteiger partial charge in [0.25, 0.3) is 0 Å². The maximum atomic E-state index is 11.4. The Kier molecular flexibility index (Phi) is 5.72. The quantitative estimate of drug-likeness (QED) is 0.559. The fraction of sp³-hybridized carbons (Fsp3) is 0.286. The van der Waals surface area contributed by atoms with Crippen molar-refractivity contribution in [2.45, 2.75) is 19.8 Å². The van der Waals surface area contributed by atoms with Crippen LogP contribution < -0.4 is 0 Å². The fourth-order valence-electron chi connectivity index (χ4n) is 1.30. The number of carbonyl (C=O) groups excluding carboxylic acids is 2. The predicted molar refractivity (Wildman–Crippen MR) is 66.4 cm³/mol. The van der Waals surface area contributed by atoms with Crippen LogP contribution in [0.25, 0.3) is 6.08 Å². The molecule has 0 N–H and O–H groups in total. The number of ketones is 1. The van der Waals surface area contributed by atoms with E-state index < -0.39 is 0 Å². The summed E-state index contributed by atoms with van der Waals surface area (Å²) in [6.45, 7) is 2.10. The third-order valence-electron chi connectivity index (χ3n) is 2.14. The van der Waals surface area contributed by atoms with Gasteiger partial charge in [0.1, 0.15) is 0 Å². The van der Waals surface area contributed by atoms with Gasteiger partial charge in [0.15, 0.2) is 5.78 Å². The molecule has 0 radical (unpaired) electrons. The molecular weight excluding hydrogens is 216 g/mol. The van der Waals surface area contributed by atoms with Crippen LogP contribution in [0, 0.1) is 0 Å². The molecule has 0 unspecified atom stereocenters. The SMILES string of the molecule is CCOC(=O)CCC(=O)/C=C/c1ccccc1. The highest BCUT2D eigenvalue weighted by atomic mass is 16.5. The zero-order valence-corrected chi connectivity index (χ0v) is 9.89. The van der Waals surface area contributed by atoms with E-state index >= 15 is 0 Å². The fourth-order valence-corrected chi connectivity index (χ4v) is 1.30. The molecule has 0 heterocycles. The molecule has 0 spiro atoms. The van der Waals surface area contributed by atoms with E-state index in [2.05, 4.69) is 0 Å². The van der Waals surface area contributed by atoms with Gasteiger partial charge >= 0.3 is 5.97 Å². The lowest BCUT2D eigenvalue weighted by Gasteiger charge is -1.98. The maximum absolute atomic E-state index is 11.4. The van der Waals surface area contributed by atoms with Crippen LogP contribution in [0.15, 0.2) is 36.4 Å². The third kappa shape index (κ3) is 5.66.